The van der Waals surface area contributed by atoms with Gasteiger partial charge in [0, 0.05) is 0 Å². The fourth-order valence-corrected chi connectivity index (χ4v) is 1.28. The van der Waals surface area contributed by atoms with Gasteiger partial charge in [-0.3, -0.25) is 0 Å². The third-order valence-corrected chi connectivity index (χ3v) is 2.15. The zero-order valence-corrected chi connectivity index (χ0v) is 10.2. The zero-order valence-electron chi connectivity index (χ0n) is 8.70. The summed E-state index contributed by atoms with van der Waals surface area (Å²) in [4.78, 5) is 3.83. The highest BCUT2D eigenvalue weighted by Crippen LogP contribution is 2.19. The molecular formula is C9H13Cl2N3O. The van der Waals surface area contributed by atoms with Crippen molar-refractivity contribution in [1.82, 2.24) is 15.2 Å². The second kappa shape index (κ2) is 6.08. The molecule has 0 radical (unpaired) electrons. The Bertz CT molecular complexity index is 320. The molecule has 0 aliphatic heterocycles. The van der Waals surface area contributed by atoms with Crippen LogP contribution in [0.1, 0.15) is 26.7 Å². The number of nitrogens with zero attached hydrogens (tertiary/aromatic N) is 3. The first-order valence-corrected chi connectivity index (χ1v) is 5.53. The largest absolute Gasteiger partial charge is 0.475 e. The van der Waals surface area contributed by atoms with Gasteiger partial charge in [-0.25, -0.2) is 0 Å². The van der Waals surface area contributed by atoms with Crippen molar-refractivity contribution in [2.45, 2.75) is 26.7 Å². The molecule has 1 aromatic heterocycles. The number of aromatic nitrogens is 3. The van der Waals surface area contributed by atoms with E-state index in [0.29, 0.717) is 12.5 Å². The molecule has 0 spiro atoms. The molecule has 1 aromatic rings. The molecule has 84 valence electrons. The van der Waals surface area contributed by atoms with Gasteiger partial charge < -0.3 is 4.74 Å². The Kier molecular flexibility index (Phi) is 5.05. The lowest BCUT2D eigenvalue weighted by Gasteiger charge is -2.07. The first-order chi connectivity index (χ1) is 7.09. The lowest BCUT2D eigenvalue weighted by Crippen LogP contribution is -2.03. The van der Waals surface area contributed by atoms with E-state index in [0.717, 1.165) is 12.8 Å². The molecule has 4 nitrogen and oxygen atoms in total. The van der Waals surface area contributed by atoms with Crippen molar-refractivity contribution in [3.8, 4) is 5.88 Å². The smallest absolute Gasteiger partial charge is 0.256 e. The maximum atomic E-state index is 5.72. The molecule has 0 aliphatic rings. The van der Waals surface area contributed by atoms with Crippen LogP contribution >= 0.6 is 23.2 Å². The Morgan fingerprint density at radius 1 is 1.27 bits per heavy atom. The summed E-state index contributed by atoms with van der Waals surface area (Å²) in [5.41, 5.74) is 0. The summed E-state index contributed by atoms with van der Waals surface area (Å²) in [5.74, 6) is 0.914. The summed E-state index contributed by atoms with van der Waals surface area (Å²) in [6.07, 6.45) is 2.06. The fourth-order valence-electron chi connectivity index (χ4n) is 1.03. The molecule has 0 amide bonds. The average molecular weight is 250 g/mol. The number of hydrogen-bond acceptors (Lipinski definition) is 4. The van der Waals surface area contributed by atoms with Gasteiger partial charge in [-0.2, -0.15) is 4.98 Å². The highest BCUT2D eigenvalue weighted by Gasteiger charge is 2.06. The summed E-state index contributed by atoms with van der Waals surface area (Å²) in [6, 6.07) is 0. The van der Waals surface area contributed by atoms with E-state index < -0.39 is 0 Å². The maximum Gasteiger partial charge on any atom is 0.256 e. The van der Waals surface area contributed by atoms with Crippen molar-refractivity contribution in [3.63, 3.8) is 0 Å². The molecule has 15 heavy (non-hydrogen) atoms. The van der Waals surface area contributed by atoms with Gasteiger partial charge in [0.15, 0.2) is 0 Å². The van der Waals surface area contributed by atoms with Crippen LogP contribution in [0.2, 0.25) is 10.4 Å². The van der Waals surface area contributed by atoms with Crippen molar-refractivity contribution < 1.29 is 4.74 Å². The molecule has 0 fully saturated rings. The number of hydrogen-bond donors (Lipinski definition) is 0. The molecule has 0 unspecified atom stereocenters. The van der Waals surface area contributed by atoms with Gasteiger partial charge in [-0.1, -0.05) is 25.4 Å². The van der Waals surface area contributed by atoms with Crippen LogP contribution in [0.5, 0.6) is 5.88 Å². The lowest BCUT2D eigenvalue weighted by molar-refractivity contribution is 0.285. The third kappa shape index (κ3) is 4.62. The van der Waals surface area contributed by atoms with Crippen LogP contribution in [0, 0.1) is 5.92 Å². The van der Waals surface area contributed by atoms with E-state index in [1.807, 2.05) is 0 Å². The highest BCUT2D eigenvalue weighted by molar-refractivity contribution is 6.31. The van der Waals surface area contributed by atoms with Crippen molar-refractivity contribution in [1.29, 1.82) is 0 Å². The molecule has 0 saturated heterocycles. The Labute approximate surface area is 99.0 Å². The van der Waals surface area contributed by atoms with Gasteiger partial charge in [0.2, 0.25) is 10.4 Å². The van der Waals surface area contributed by atoms with Crippen molar-refractivity contribution >= 4 is 23.2 Å². The van der Waals surface area contributed by atoms with Gasteiger partial charge in [0.25, 0.3) is 5.88 Å². The number of halogens is 2. The average Bonchev–Trinajstić information content (AvgIpc) is 2.17. The highest BCUT2D eigenvalue weighted by atomic mass is 35.5. The van der Waals surface area contributed by atoms with E-state index in [9.17, 15) is 0 Å². The third-order valence-electron chi connectivity index (χ3n) is 1.76. The number of ether oxygens (including phenoxy) is 1. The summed E-state index contributed by atoms with van der Waals surface area (Å²) in [6.45, 7) is 4.89. The number of rotatable bonds is 5. The molecule has 0 saturated carbocycles. The first kappa shape index (κ1) is 12.5. The summed E-state index contributed by atoms with van der Waals surface area (Å²) in [7, 11) is 0. The van der Waals surface area contributed by atoms with Gasteiger partial charge in [-0.05, 0) is 30.4 Å². The molecule has 0 aromatic carbocycles. The van der Waals surface area contributed by atoms with E-state index in [4.69, 9.17) is 27.9 Å². The minimum Gasteiger partial charge on any atom is -0.475 e. The quantitative estimate of drug-likeness (QED) is 0.753. The minimum absolute atomic E-state index is 0.0401. The van der Waals surface area contributed by atoms with Gasteiger partial charge in [0.05, 0.1) is 6.61 Å². The molecular weight excluding hydrogens is 237 g/mol. The molecule has 0 aliphatic carbocycles. The van der Waals surface area contributed by atoms with Crippen LogP contribution in [0.15, 0.2) is 0 Å². The molecule has 0 N–H and O–H groups in total. The van der Waals surface area contributed by atoms with Gasteiger partial charge in [-0.15, -0.1) is 10.2 Å². The predicted octanol–water partition coefficient (Wildman–Crippen LogP) is 2.99. The molecule has 1 rings (SSSR count). The van der Waals surface area contributed by atoms with E-state index in [-0.39, 0.29) is 16.3 Å². The first-order valence-electron chi connectivity index (χ1n) is 4.78. The standard InChI is InChI=1S/C9H13Cl2N3O/c1-6(2)4-3-5-15-8-7(10)13-14-9(11)12-8/h6H,3-5H2,1-2H3. The Balaban J connectivity index is 2.40. The van der Waals surface area contributed by atoms with Gasteiger partial charge >= 0.3 is 0 Å². The predicted molar refractivity (Wildman–Crippen MR) is 59.4 cm³/mol. The van der Waals surface area contributed by atoms with Crippen LogP contribution < -0.4 is 4.74 Å². The Morgan fingerprint density at radius 2 is 2.00 bits per heavy atom. The van der Waals surface area contributed by atoms with E-state index >= 15 is 0 Å². The molecule has 6 heteroatoms. The van der Waals surface area contributed by atoms with E-state index in [1.165, 1.54) is 0 Å². The monoisotopic (exact) mass is 249 g/mol. The van der Waals surface area contributed by atoms with Crippen LogP contribution in [-0.4, -0.2) is 21.8 Å². The SMILES string of the molecule is CC(C)CCCOc1nc(Cl)nnc1Cl. The summed E-state index contributed by atoms with van der Waals surface area (Å²) >= 11 is 11.3. The minimum atomic E-state index is 0.0401. The maximum absolute atomic E-state index is 5.72. The van der Waals surface area contributed by atoms with Gasteiger partial charge in [0.1, 0.15) is 0 Å². The Morgan fingerprint density at radius 3 is 2.67 bits per heavy atom. The topological polar surface area (TPSA) is 47.9 Å². The van der Waals surface area contributed by atoms with Crippen molar-refractivity contribution in [2.24, 2.45) is 5.92 Å². The van der Waals surface area contributed by atoms with Crippen LogP contribution in [0.25, 0.3) is 0 Å². The lowest BCUT2D eigenvalue weighted by atomic mass is 10.1. The molecule has 0 atom stereocenters. The molecule has 1 heterocycles. The van der Waals surface area contributed by atoms with Crippen LogP contribution in [0.3, 0.4) is 0 Å². The summed E-state index contributed by atoms with van der Waals surface area (Å²) < 4.78 is 5.34. The van der Waals surface area contributed by atoms with Crippen LogP contribution in [0.4, 0.5) is 0 Å². The Hall–Kier alpha value is -0.610. The zero-order chi connectivity index (χ0) is 11.3. The van der Waals surface area contributed by atoms with Crippen molar-refractivity contribution in [3.05, 3.63) is 10.4 Å². The van der Waals surface area contributed by atoms with Crippen LogP contribution in [-0.2, 0) is 0 Å². The fraction of sp³-hybridized carbons (Fsp3) is 0.667. The molecule has 0 bridgehead atoms. The summed E-state index contributed by atoms with van der Waals surface area (Å²) in [5, 5.41) is 7.26. The second-order valence-corrected chi connectivity index (χ2v) is 4.26. The van der Waals surface area contributed by atoms with Crippen molar-refractivity contribution in [2.75, 3.05) is 6.61 Å². The normalized spacial score (nSPS) is 10.7. The van der Waals surface area contributed by atoms with E-state index in [2.05, 4.69) is 29.0 Å². The second-order valence-electron chi connectivity index (χ2n) is 3.56. The van der Waals surface area contributed by atoms with E-state index in [1.54, 1.807) is 0 Å².